The SMILES string of the molecule is CC(C)(C)n1cnnc1-c1cccc2c1OCCO2. The Kier molecular flexibility index (Phi) is 2.69. The molecule has 0 saturated carbocycles. The molecule has 0 atom stereocenters. The lowest BCUT2D eigenvalue weighted by Crippen LogP contribution is -2.22. The average molecular weight is 259 g/mol. The van der Waals surface area contributed by atoms with Crippen molar-refractivity contribution in [3.63, 3.8) is 0 Å². The Balaban J connectivity index is 2.16. The van der Waals surface area contributed by atoms with Gasteiger partial charge in [0.05, 0.1) is 5.56 Å². The molecule has 0 unspecified atom stereocenters. The summed E-state index contributed by atoms with van der Waals surface area (Å²) in [6.07, 6.45) is 1.75. The molecule has 0 spiro atoms. The van der Waals surface area contributed by atoms with Gasteiger partial charge in [0.25, 0.3) is 0 Å². The minimum Gasteiger partial charge on any atom is -0.486 e. The number of ether oxygens (including phenoxy) is 2. The van der Waals surface area contributed by atoms with Crippen LogP contribution in [0.5, 0.6) is 11.5 Å². The van der Waals surface area contributed by atoms with Crippen LogP contribution < -0.4 is 9.47 Å². The Bertz CT molecular complexity index is 599. The Morgan fingerprint density at radius 3 is 2.74 bits per heavy atom. The summed E-state index contributed by atoms with van der Waals surface area (Å²) in [5.74, 6) is 2.33. The van der Waals surface area contributed by atoms with Crippen molar-refractivity contribution in [3.05, 3.63) is 24.5 Å². The van der Waals surface area contributed by atoms with Crippen molar-refractivity contribution in [2.45, 2.75) is 26.3 Å². The summed E-state index contributed by atoms with van der Waals surface area (Å²) in [6, 6.07) is 5.85. The molecular weight excluding hydrogens is 242 g/mol. The molecule has 2 heterocycles. The normalized spacial score (nSPS) is 14.5. The lowest BCUT2D eigenvalue weighted by atomic mass is 10.1. The smallest absolute Gasteiger partial charge is 0.172 e. The second-order valence-corrected chi connectivity index (χ2v) is 5.53. The standard InChI is InChI=1S/C14H17N3O2/c1-14(2,3)17-9-15-16-13(17)10-5-4-6-11-12(10)19-8-7-18-11/h4-6,9H,7-8H2,1-3H3. The van der Waals surface area contributed by atoms with Crippen LogP contribution in [0.2, 0.25) is 0 Å². The summed E-state index contributed by atoms with van der Waals surface area (Å²) in [6.45, 7) is 7.50. The minimum atomic E-state index is -0.0862. The van der Waals surface area contributed by atoms with E-state index in [4.69, 9.17) is 9.47 Å². The largest absolute Gasteiger partial charge is 0.486 e. The van der Waals surface area contributed by atoms with Gasteiger partial charge in [-0.3, -0.25) is 0 Å². The Labute approximate surface area is 112 Å². The molecule has 5 heteroatoms. The third-order valence-electron chi connectivity index (χ3n) is 3.08. The van der Waals surface area contributed by atoms with E-state index in [1.807, 2.05) is 22.8 Å². The number of hydrogen-bond donors (Lipinski definition) is 0. The van der Waals surface area contributed by atoms with E-state index < -0.39 is 0 Å². The molecule has 1 aromatic carbocycles. The van der Waals surface area contributed by atoms with Crippen molar-refractivity contribution >= 4 is 0 Å². The van der Waals surface area contributed by atoms with Crippen LogP contribution in [0.4, 0.5) is 0 Å². The average Bonchev–Trinajstić information content (AvgIpc) is 2.87. The fourth-order valence-electron chi connectivity index (χ4n) is 2.16. The first-order valence-corrected chi connectivity index (χ1v) is 6.37. The lowest BCUT2D eigenvalue weighted by Gasteiger charge is -2.25. The van der Waals surface area contributed by atoms with Gasteiger partial charge in [-0.05, 0) is 32.9 Å². The van der Waals surface area contributed by atoms with Crippen LogP contribution in [-0.2, 0) is 5.54 Å². The number of hydrogen-bond acceptors (Lipinski definition) is 4. The van der Waals surface area contributed by atoms with Crippen LogP contribution in [0.25, 0.3) is 11.4 Å². The summed E-state index contributed by atoms with van der Waals surface area (Å²) >= 11 is 0. The van der Waals surface area contributed by atoms with E-state index in [9.17, 15) is 0 Å². The molecule has 1 aromatic heterocycles. The van der Waals surface area contributed by atoms with Gasteiger partial charge in [0.2, 0.25) is 0 Å². The highest BCUT2D eigenvalue weighted by atomic mass is 16.6. The summed E-state index contributed by atoms with van der Waals surface area (Å²) in [5.41, 5.74) is 0.835. The number of benzene rings is 1. The van der Waals surface area contributed by atoms with Gasteiger partial charge in [-0.25, -0.2) is 0 Å². The van der Waals surface area contributed by atoms with Gasteiger partial charge >= 0.3 is 0 Å². The third-order valence-corrected chi connectivity index (χ3v) is 3.08. The molecule has 0 fully saturated rings. The number of aromatic nitrogens is 3. The molecule has 19 heavy (non-hydrogen) atoms. The third kappa shape index (κ3) is 2.05. The van der Waals surface area contributed by atoms with Crippen molar-refractivity contribution in [2.75, 3.05) is 13.2 Å². The van der Waals surface area contributed by atoms with Crippen LogP contribution in [0.15, 0.2) is 24.5 Å². The number of nitrogens with zero attached hydrogens (tertiary/aromatic N) is 3. The summed E-state index contributed by atoms with van der Waals surface area (Å²) < 4.78 is 13.4. The second kappa shape index (κ2) is 4.26. The van der Waals surface area contributed by atoms with Gasteiger partial charge in [0, 0.05) is 5.54 Å². The fourth-order valence-corrected chi connectivity index (χ4v) is 2.16. The topological polar surface area (TPSA) is 49.2 Å². The highest BCUT2D eigenvalue weighted by Crippen LogP contribution is 2.39. The zero-order valence-corrected chi connectivity index (χ0v) is 11.4. The molecule has 1 aliphatic rings. The van der Waals surface area contributed by atoms with Crippen LogP contribution in [0.3, 0.4) is 0 Å². The minimum absolute atomic E-state index is 0.0862. The zero-order chi connectivity index (χ0) is 13.5. The first-order valence-electron chi connectivity index (χ1n) is 6.37. The Morgan fingerprint density at radius 1 is 1.16 bits per heavy atom. The molecule has 0 aliphatic carbocycles. The molecule has 3 rings (SSSR count). The molecule has 1 aliphatic heterocycles. The van der Waals surface area contributed by atoms with Crippen molar-refractivity contribution in [2.24, 2.45) is 0 Å². The highest BCUT2D eigenvalue weighted by Gasteiger charge is 2.24. The van der Waals surface area contributed by atoms with Crippen LogP contribution in [0.1, 0.15) is 20.8 Å². The Hall–Kier alpha value is -2.04. The summed E-state index contributed by atoms with van der Waals surface area (Å²) in [7, 11) is 0. The first kappa shape index (κ1) is 12.0. The number of rotatable bonds is 1. The summed E-state index contributed by atoms with van der Waals surface area (Å²) in [5, 5.41) is 8.27. The molecule has 0 amide bonds. The maximum absolute atomic E-state index is 5.74. The quantitative estimate of drug-likeness (QED) is 0.789. The van der Waals surface area contributed by atoms with Crippen molar-refractivity contribution in [3.8, 4) is 22.9 Å². The molecule has 0 saturated heterocycles. The van der Waals surface area contributed by atoms with E-state index >= 15 is 0 Å². The second-order valence-electron chi connectivity index (χ2n) is 5.53. The number of fused-ring (bicyclic) bond motifs is 1. The molecular formula is C14H17N3O2. The van der Waals surface area contributed by atoms with E-state index in [1.165, 1.54) is 0 Å². The maximum Gasteiger partial charge on any atom is 0.172 e. The molecule has 100 valence electrons. The van der Waals surface area contributed by atoms with Crippen molar-refractivity contribution < 1.29 is 9.47 Å². The van der Waals surface area contributed by atoms with Gasteiger partial charge in [0.1, 0.15) is 19.5 Å². The van der Waals surface area contributed by atoms with Gasteiger partial charge in [-0.2, -0.15) is 0 Å². The van der Waals surface area contributed by atoms with E-state index in [-0.39, 0.29) is 5.54 Å². The fraction of sp³-hybridized carbons (Fsp3) is 0.429. The molecule has 0 bridgehead atoms. The van der Waals surface area contributed by atoms with Gasteiger partial charge in [-0.1, -0.05) is 6.07 Å². The maximum atomic E-state index is 5.74. The van der Waals surface area contributed by atoms with E-state index in [0.29, 0.717) is 13.2 Å². The monoisotopic (exact) mass is 259 g/mol. The highest BCUT2D eigenvalue weighted by molar-refractivity contribution is 5.69. The molecule has 0 N–H and O–H groups in total. The zero-order valence-electron chi connectivity index (χ0n) is 11.4. The van der Waals surface area contributed by atoms with Crippen LogP contribution in [-0.4, -0.2) is 28.0 Å². The molecule has 2 aromatic rings. The van der Waals surface area contributed by atoms with Crippen molar-refractivity contribution in [1.82, 2.24) is 14.8 Å². The predicted octanol–water partition coefficient (Wildman–Crippen LogP) is 2.47. The van der Waals surface area contributed by atoms with Crippen LogP contribution >= 0.6 is 0 Å². The predicted molar refractivity (Wildman–Crippen MR) is 71.4 cm³/mol. The lowest BCUT2D eigenvalue weighted by molar-refractivity contribution is 0.172. The van der Waals surface area contributed by atoms with Gasteiger partial charge in [-0.15, -0.1) is 10.2 Å². The molecule has 0 radical (unpaired) electrons. The number of para-hydroxylation sites is 1. The van der Waals surface area contributed by atoms with Gasteiger partial charge < -0.3 is 14.0 Å². The van der Waals surface area contributed by atoms with Gasteiger partial charge in [0.15, 0.2) is 17.3 Å². The van der Waals surface area contributed by atoms with Crippen molar-refractivity contribution in [1.29, 1.82) is 0 Å². The molecule has 5 nitrogen and oxygen atoms in total. The Morgan fingerprint density at radius 2 is 1.95 bits per heavy atom. The van der Waals surface area contributed by atoms with Crippen LogP contribution in [0, 0.1) is 0 Å². The van der Waals surface area contributed by atoms with E-state index in [1.54, 1.807) is 6.33 Å². The summed E-state index contributed by atoms with van der Waals surface area (Å²) in [4.78, 5) is 0. The van der Waals surface area contributed by atoms with E-state index in [0.717, 1.165) is 22.9 Å². The van der Waals surface area contributed by atoms with E-state index in [2.05, 4.69) is 31.0 Å². The first-order chi connectivity index (χ1) is 9.07.